The van der Waals surface area contributed by atoms with Crippen molar-refractivity contribution in [3.05, 3.63) is 59.8 Å². The standard InChI is InChI=1S/C22H26N2/c1-2-3-4-17-5-7-18(8-6-17)19-9-10-20-15-21-11-12-23-13-14-24(21)22(20)16-19/h5-10,15-16,23H,2-4,11-14H2,1H3. The molecular formula is C22H26N2. The Morgan fingerprint density at radius 1 is 0.958 bits per heavy atom. The van der Waals surface area contributed by atoms with Crippen molar-refractivity contribution in [3.63, 3.8) is 0 Å². The van der Waals surface area contributed by atoms with Crippen LogP contribution in [0.2, 0.25) is 0 Å². The normalized spacial score (nSPS) is 14.5. The molecule has 2 aromatic carbocycles. The van der Waals surface area contributed by atoms with Crippen LogP contribution in [0.5, 0.6) is 0 Å². The lowest BCUT2D eigenvalue weighted by Crippen LogP contribution is -2.17. The van der Waals surface area contributed by atoms with Crippen molar-refractivity contribution in [2.24, 2.45) is 0 Å². The van der Waals surface area contributed by atoms with Gasteiger partial charge in [0.1, 0.15) is 0 Å². The van der Waals surface area contributed by atoms with E-state index in [0.717, 1.165) is 26.1 Å². The van der Waals surface area contributed by atoms with Crippen LogP contribution in [0.3, 0.4) is 0 Å². The molecule has 0 radical (unpaired) electrons. The van der Waals surface area contributed by atoms with Gasteiger partial charge in [0, 0.05) is 37.3 Å². The van der Waals surface area contributed by atoms with Gasteiger partial charge in [-0.15, -0.1) is 0 Å². The number of aryl methyl sites for hydroxylation is 1. The van der Waals surface area contributed by atoms with E-state index < -0.39 is 0 Å². The Morgan fingerprint density at radius 2 is 1.79 bits per heavy atom. The minimum atomic E-state index is 1.06. The van der Waals surface area contributed by atoms with Gasteiger partial charge in [-0.3, -0.25) is 0 Å². The lowest BCUT2D eigenvalue weighted by molar-refractivity contribution is 0.658. The van der Waals surface area contributed by atoms with Gasteiger partial charge in [-0.05, 0) is 47.1 Å². The third kappa shape index (κ3) is 2.99. The molecule has 0 aliphatic carbocycles. The molecule has 0 atom stereocenters. The van der Waals surface area contributed by atoms with Crippen LogP contribution in [-0.4, -0.2) is 17.7 Å². The molecule has 0 spiro atoms. The molecule has 0 unspecified atom stereocenters. The fourth-order valence-corrected chi connectivity index (χ4v) is 3.74. The highest BCUT2D eigenvalue weighted by molar-refractivity contribution is 5.86. The topological polar surface area (TPSA) is 17.0 Å². The highest BCUT2D eigenvalue weighted by Gasteiger charge is 2.12. The SMILES string of the molecule is CCCCc1ccc(-c2ccc3cc4n(c3c2)CCNCC4)cc1. The second-order valence-corrected chi connectivity index (χ2v) is 6.86. The number of hydrogen-bond acceptors (Lipinski definition) is 1. The van der Waals surface area contributed by atoms with Gasteiger partial charge in [-0.2, -0.15) is 0 Å². The lowest BCUT2D eigenvalue weighted by Gasteiger charge is -2.08. The smallest absolute Gasteiger partial charge is 0.0489 e. The van der Waals surface area contributed by atoms with E-state index >= 15 is 0 Å². The maximum Gasteiger partial charge on any atom is 0.0489 e. The quantitative estimate of drug-likeness (QED) is 0.731. The predicted octanol–water partition coefficient (Wildman–Crippen LogP) is 4.80. The first kappa shape index (κ1) is 15.5. The lowest BCUT2D eigenvalue weighted by atomic mass is 10.0. The van der Waals surface area contributed by atoms with Crippen molar-refractivity contribution in [3.8, 4) is 11.1 Å². The second kappa shape index (κ2) is 6.82. The molecule has 0 saturated heterocycles. The summed E-state index contributed by atoms with van der Waals surface area (Å²) in [4.78, 5) is 0. The fraction of sp³-hybridized carbons (Fsp3) is 0.364. The molecule has 2 nitrogen and oxygen atoms in total. The molecule has 2 heteroatoms. The Morgan fingerprint density at radius 3 is 2.62 bits per heavy atom. The number of fused-ring (bicyclic) bond motifs is 3. The number of nitrogens with zero attached hydrogens (tertiary/aromatic N) is 1. The van der Waals surface area contributed by atoms with Crippen LogP contribution in [0.4, 0.5) is 0 Å². The number of benzene rings is 2. The molecule has 0 saturated carbocycles. The van der Waals surface area contributed by atoms with Gasteiger partial charge in [0.25, 0.3) is 0 Å². The Balaban J connectivity index is 1.68. The van der Waals surface area contributed by atoms with Crippen LogP contribution < -0.4 is 5.32 Å². The maximum atomic E-state index is 3.49. The number of unbranched alkanes of at least 4 members (excludes halogenated alkanes) is 1. The van der Waals surface area contributed by atoms with Gasteiger partial charge < -0.3 is 9.88 Å². The summed E-state index contributed by atoms with van der Waals surface area (Å²) >= 11 is 0. The summed E-state index contributed by atoms with van der Waals surface area (Å²) in [5.41, 5.74) is 6.93. The summed E-state index contributed by atoms with van der Waals surface area (Å²) in [5.74, 6) is 0. The van der Waals surface area contributed by atoms with E-state index in [-0.39, 0.29) is 0 Å². The summed E-state index contributed by atoms with van der Waals surface area (Å²) in [6.45, 7) is 5.47. The van der Waals surface area contributed by atoms with E-state index in [0.29, 0.717) is 0 Å². The number of rotatable bonds is 4. The van der Waals surface area contributed by atoms with Gasteiger partial charge >= 0.3 is 0 Å². The first-order chi connectivity index (χ1) is 11.8. The van der Waals surface area contributed by atoms with Gasteiger partial charge in [0.05, 0.1) is 0 Å². The van der Waals surface area contributed by atoms with Crippen LogP contribution >= 0.6 is 0 Å². The fourth-order valence-electron chi connectivity index (χ4n) is 3.74. The molecule has 2 heterocycles. The van der Waals surface area contributed by atoms with Gasteiger partial charge in [-0.25, -0.2) is 0 Å². The van der Waals surface area contributed by atoms with Crippen molar-refractivity contribution in [1.29, 1.82) is 0 Å². The van der Waals surface area contributed by atoms with Crippen LogP contribution in [0.1, 0.15) is 31.0 Å². The third-order valence-electron chi connectivity index (χ3n) is 5.17. The van der Waals surface area contributed by atoms with Crippen molar-refractivity contribution in [1.82, 2.24) is 9.88 Å². The molecule has 1 N–H and O–H groups in total. The Hall–Kier alpha value is -2.06. The van der Waals surface area contributed by atoms with Crippen molar-refractivity contribution in [2.45, 2.75) is 39.2 Å². The zero-order valence-corrected chi connectivity index (χ0v) is 14.5. The molecule has 0 amide bonds. The molecule has 0 fully saturated rings. The second-order valence-electron chi connectivity index (χ2n) is 6.86. The van der Waals surface area contributed by atoms with Crippen molar-refractivity contribution >= 4 is 10.9 Å². The molecule has 1 aromatic heterocycles. The zero-order valence-electron chi connectivity index (χ0n) is 14.5. The Bertz CT molecular complexity index is 827. The largest absolute Gasteiger partial charge is 0.343 e. The molecule has 0 bridgehead atoms. The molecule has 124 valence electrons. The molecule has 1 aliphatic rings. The zero-order chi connectivity index (χ0) is 16.4. The monoisotopic (exact) mass is 318 g/mol. The molecule has 1 aliphatic heterocycles. The molecule has 4 rings (SSSR count). The molecule has 3 aromatic rings. The summed E-state index contributed by atoms with van der Waals surface area (Å²) < 4.78 is 2.49. The third-order valence-corrected chi connectivity index (χ3v) is 5.17. The summed E-state index contributed by atoms with van der Waals surface area (Å²) in [6.07, 6.45) is 4.84. The predicted molar refractivity (Wildman–Crippen MR) is 103 cm³/mol. The summed E-state index contributed by atoms with van der Waals surface area (Å²) in [5, 5.41) is 4.86. The van der Waals surface area contributed by atoms with Crippen LogP contribution in [0.15, 0.2) is 48.5 Å². The first-order valence-corrected chi connectivity index (χ1v) is 9.27. The maximum absolute atomic E-state index is 3.49. The molecular weight excluding hydrogens is 292 g/mol. The summed E-state index contributed by atoms with van der Waals surface area (Å²) in [7, 11) is 0. The van der Waals surface area contributed by atoms with Crippen LogP contribution in [0, 0.1) is 0 Å². The van der Waals surface area contributed by atoms with E-state index in [1.807, 2.05) is 0 Å². The first-order valence-electron chi connectivity index (χ1n) is 9.27. The van der Waals surface area contributed by atoms with E-state index in [1.54, 1.807) is 0 Å². The van der Waals surface area contributed by atoms with Crippen LogP contribution in [0.25, 0.3) is 22.0 Å². The number of nitrogens with one attached hydrogen (secondary N) is 1. The highest BCUT2D eigenvalue weighted by atomic mass is 15.0. The van der Waals surface area contributed by atoms with Crippen molar-refractivity contribution in [2.75, 3.05) is 13.1 Å². The minimum Gasteiger partial charge on any atom is -0.343 e. The van der Waals surface area contributed by atoms with E-state index in [9.17, 15) is 0 Å². The van der Waals surface area contributed by atoms with Gasteiger partial charge in [-0.1, -0.05) is 49.7 Å². The Labute approximate surface area is 144 Å². The van der Waals surface area contributed by atoms with E-state index in [4.69, 9.17) is 0 Å². The van der Waals surface area contributed by atoms with Crippen molar-refractivity contribution < 1.29 is 0 Å². The van der Waals surface area contributed by atoms with E-state index in [1.165, 1.54) is 52.5 Å². The highest BCUT2D eigenvalue weighted by Crippen LogP contribution is 2.28. The number of aromatic nitrogens is 1. The van der Waals surface area contributed by atoms with Gasteiger partial charge in [0.2, 0.25) is 0 Å². The summed E-state index contributed by atoms with van der Waals surface area (Å²) in [6, 6.07) is 18.4. The average Bonchev–Trinajstić information content (AvgIpc) is 2.80. The Kier molecular flexibility index (Phi) is 4.40. The molecule has 24 heavy (non-hydrogen) atoms. The van der Waals surface area contributed by atoms with E-state index in [2.05, 4.69) is 65.3 Å². The minimum absolute atomic E-state index is 1.06. The average molecular weight is 318 g/mol. The van der Waals surface area contributed by atoms with Gasteiger partial charge in [0.15, 0.2) is 0 Å². The number of hydrogen-bond donors (Lipinski definition) is 1. The van der Waals surface area contributed by atoms with Crippen LogP contribution in [-0.2, 0) is 19.4 Å².